The van der Waals surface area contributed by atoms with Crippen molar-refractivity contribution < 1.29 is 31.4 Å². The molecule has 1 unspecified atom stereocenters. The van der Waals surface area contributed by atoms with Crippen LogP contribution in [0.5, 0.6) is 0 Å². The van der Waals surface area contributed by atoms with E-state index in [9.17, 15) is 31.4 Å². The van der Waals surface area contributed by atoms with Gasteiger partial charge in [0, 0.05) is 29.6 Å². The van der Waals surface area contributed by atoms with E-state index < -0.39 is 29.7 Å². The van der Waals surface area contributed by atoms with Crippen molar-refractivity contribution in [3.05, 3.63) is 59.9 Å². The fourth-order valence-corrected chi connectivity index (χ4v) is 2.86. The van der Waals surface area contributed by atoms with E-state index in [1.807, 2.05) is 13.8 Å². The highest BCUT2D eigenvalue weighted by molar-refractivity contribution is 5.65. The molecule has 12 heteroatoms. The molecule has 0 saturated heterocycles. The minimum Gasteiger partial charge on any atom is -0.379 e. The number of aromatic nitrogens is 3. The summed E-state index contributed by atoms with van der Waals surface area (Å²) in [7, 11) is 0. The van der Waals surface area contributed by atoms with Crippen LogP contribution in [0.4, 0.5) is 43.7 Å². The number of rotatable bonds is 6. The van der Waals surface area contributed by atoms with Gasteiger partial charge in [-0.25, -0.2) is 9.97 Å². The van der Waals surface area contributed by atoms with Crippen molar-refractivity contribution in [2.24, 2.45) is 0 Å². The zero-order valence-electron chi connectivity index (χ0n) is 17.3. The maximum atomic E-state index is 13.0. The summed E-state index contributed by atoms with van der Waals surface area (Å²) < 4.78 is 77.6. The van der Waals surface area contributed by atoms with Gasteiger partial charge in [-0.3, -0.25) is 4.98 Å². The first-order valence-electron chi connectivity index (χ1n) is 9.64. The Morgan fingerprint density at radius 2 is 1.61 bits per heavy atom. The van der Waals surface area contributed by atoms with Crippen LogP contribution in [0.2, 0.25) is 0 Å². The molecular weight excluding hydrogens is 452 g/mol. The van der Waals surface area contributed by atoms with Crippen molar-refractivity contribution >= 4 is 17.3 Å². The topological polar surface area (TPSA) is 83.0 Å². The van der Waals surface area contributed by atoms with Crippen molar-refractivity contribution in [3.63, 3.8) is 0 Å². The minimum atomic E-state index is -4.86. The van der Waals surface area contributed by atoms with E-state index in [-0.39, 0.29) is 28.9 Å². The van der Waals surface area contributed by atoms with Crippen LogP contribution in [0.25, 0.3) is 11.4 Å². The Hall–Kier alpha value is -3.41. The molecule has 0 fully saturated rings. The van der Waals surface area contributed by atoms with Crippen LogP contribution >= 0.6 is 0 Å². The third-order valence-electron chi connectivity index (χ3n) is 4.26. The largest absolute Gasteiger partial charge is 0.433 e. The first-order valence-corrected chi connectivity index (χ1v) is 9.64. The van der Waals surface area contributed by atoms with Crippen LogP contribution in [-0.4, -0.2) is 32.3 Å². The number of pyridine rings is 1. The number of alkyl halides is 6. The van der Waals surface area contributed by atoms with E-state index in [0.717, 1.165) is 24.4 Å². The molecule has 0 amide bonds. The van der Waals surface area contributed by atoms with Crippen LogP contribution < -0.4 is 10.6 Å². The van der Waals surface area contributed by atoms with Crippen molar-refractivity contribution in [1.29, 1.82) is 0 Å². The Bertz CT molecular complexity index is 1120. The molecule has 0 radical (unpaired) electrons. The number of nitrogens with zero attached hydrogens (tertiary/aromatic N) is 3. The first-order chi connectivity index (χ1) is 15.3. The second kappa shape index (κ2) is 9.22. The number of aliphatic hydroxyl groups is 1. The van der Waals surface area contributed by atoms with E-state index in [1.165, 1.54) is 24.3 Å². The van der Waals surface area contributed by atoms with Gasteiger partial charge in [0.2, 0.25) is 0 Å². The summed E-state index contributed by atoms with van der Waals surface area (Å²) in [6, 6.07) is 8.49. The predicted octanol–water partition coefficient (Wildman–Crippen LogP) is 5.72. The molecular formula is C21H19F6N5O. The summed E-state index contributed by atoms with van der Waals surface area (Å²) in [5.41, 5.74) is -1.27. The van der Waals surface area contributed by atoms with Gasteiger partial charge in [0.15, 0.2) is 11.9 Å². The third kappa shape index (κ3) is 6.31. The number of anilines is 3. The van der Waals surface area contributed by atoms with Crippen molar-refractivity contribution in [2.75, 3.05) is 10.6 Å². The number of aliphatic hydroxyl groups excluding tert-OH is 1. The lowest BCUT2D eigenvalue weighted by atomic mass is 10.1. The summed E-state index contributed by atoms with van der Waals surface area (Å²) in [5, 5.41) is 15.3. The zero-order chi connectivity index (χ0) is 24.4. The van der Waals surface area contributed by atoms with E-state index in [2.05, 4.69) is 25.6 Å². The maximum Gasteiger partial charge on any atom is 0.433 e. The number of hydrogen-bond acceptors (Lipinski definition) is 6. The fraction of sp³-hybridized carbons (Fsp3) is 0.286. The molecule has 3 rings (SSSR count). The van der Waals surface area contributed by atoms with E-state index in [0.29, 0.717) is 5.82 Å². The van der Waals surface area contributed by atoms with Gasteiger partial charge in [-0.15, -0.1) is 0 Å². The molecule has 0 bridgehead atoms. The van der Waals surface area contributed by atoms with Gasteiger partial charge in [-0.1, -0.05) is 18.2 Å². The van der Waals surface area contributed by atoms with Gasteiger partial charge in [-0.05, 0) is 37.6 Å². The molecule has 3 aromatic rings. The number of benzene rings is 1. The number of nitrogens with one attached hydrogen (secondary N) is 2. The molecule has 0 aliphatic carbocycles. The Balaban J connectivity index is 2.01. The molecule has 2 aromatic heterocycles. The van der Waals surface area contributed by atoms with Crippen LogP contribution in [0.1, 0.15) is 31.2 Å². The third-order valence-corrected chi connectivity index (χ3v) is 4.26. The van der Waals surface area contributed by atoms with Gasteiger partial charge >= 0.3 is 12.4 Å². The number of hydrogen-bond donors (Lipinski definition) is 3. The second-order valence-corrected chi connectivity index (χ2v) is 7.38. The lowest BCUT2D eigenvalue weighted by molar-refractivity contribution is -0.206. The Kier molecular flexibility index (Phi) is 6.77. The molecule has 33 heavy (non-hydrogen) atoms. The van der Waals surface area contributed by atoms with Gasteiger partial charge in [0.25, 0.3) is 0 Å². The average Bonchev–Trinajstić information content (AvgIpc) is 2.71. The monoisotopic (exact) mass is 471 g/mol. The standard InChI is InChI=1S/C21H19F6N5O/c1-11(2)29-16-10-17(30-14-6-7-28-15(9-14)20(22,23)24)32-19(31-16)13-5-3-4-12(8-13)18(33)21(25,26)27/h3-11,18,33H,1-2H3,(H2,28,29,30,31,32). The molecule has 0 aliphatic rings. The van der Waals surface area contributed by atoms with Gasteiger partial charge in [-0.2, -0.15) is 26.3 Å². The highest BCUT2D eigenvalue weighted by Crippen LogP contribution is 2.34. The molecule has 0 aliphatic heterocycles. The molecule has 3 N–H and O–H groups in total. The average molecular weight is 471 g/mol. The van der Waals surface area contributed by atoms with Crippen molar-refractivity contribution in [3.8, 4) is 11.4 Å². The van der Waals surface area contributed by atoms with Crippen molar-refractivity contribution in [2.45, 2.75) is 38.3 Å². The summed E-state index contributed by atoms with van der Waals surface area (Å²) in [5.74, 6) is 0.401. The molecule has 2 heterocycles. The van der Waals surface area contributed by atoms with Crippen molar-refractivity contribution in [1.82, 2.24) is 15.0 Å². The summed E-state index contributed by atoms with van der Waals surface area (Å²) in [6.45, 7) is 3.65. The quantitative estimate of drug-likeness (QED) is 0.399. The molecule has 0 spiro atoms. The maximum absolute atomic E-state index is 13.0. The van der Waals surface area contributed by atoms with Gasteiger partial charge in [0.1, 0.15) is 17.3 Å². The lowest BCUT2D eigenvalue weighted by Crippen LogP contribution is -2.20. The summed E-state index contributed by atoms with van der Waals surface area (Å²) in [4.78, 5) is 11.8. The Labute approximate surface area is 184 Å². The SMILES string of the molecule is CC(C)Nc1cc(Nc2ccnc(C(F)(F)F)c2)nc(-c2cccc(C(O)C(F)(F)F)c2)n1. The Morgan fingerprint density at radius 3 is 2.24 bits per heavy atom. The van der Waals surface area contributed by atoms with Crippen LogP contribution in [0.3, 0.4) is 0 Å². The minimum absolute atomic E-state index is 0.00414. The molecule has 0 saturated carbocycles. The van der Waals surface area contributed by atoms with Crippen LogP contribution in [-0.2, 0) is 6.18 Å². The lowest BCUT2D eigenvalue weighted by Gasteiger charge is -2.16. The highest BCUT2D eigenvalue weighted by atomic mass is 19.4. The first kappa shape index (κ1) is 24.2. The molecule has 1 aromatic carbocycles. The van der Waals surface area contributed by atoms with Crippen LogP contribution in [0, 0.1) is 0 Å². The van der Waals surface area contributed by atoms with Gasteiger partial charge in [0.05, 0.1) is 0 Å². The van der Waals surface area contributed by atoms with E-state index >= 15 is 0 Å². The molecule has 176 valence electrons. The molecule has 6 nitrogen and oxygen atoms in total. The van der Waals surface area contributed by atoms with E-state index in [4.69, 9.17) is 0 Å². The smallest absolute Gasteiger partial charge is 0.379 e. The fourth-order valence-electron chi connectivity index (χ4n) is 2.86. The second-order valence-electron chi connectivity index (χ2n) is 7.38. The van der Waals surface area contributed by atoms with Gasteiger partial charge < -0.3 is 15.7 Å². The predicted molar refractivity (Wildman–Crippen MR) is 110 cm³/mol. The zero-order valence-corrected chi connectivity index (χ0v) is 17.3. The Morgan fingerprint density at radius 1 is 0.909 bits per heavy atom. The molecule has 1 atom stereocenters. The summed E-state index contributed by atoms with van der Waals surface area (Å²) >= 11 is 0. The van der Waals surface area contributed by atoms with Crippen LogP contribution in [0.15, 0.2) is 48.7 Å². The number of halogens is 6. The highest BCUT2D eigenvalue weighted by Gasteiger charge is 2.39. The normalized spacial score (nSPS) is 13.2. The summed E-state index contributed by atoms with van der Waals surface area (Å²) in [6.07, 6.45) is -11.2. The van der Waals surface area contributed by atoms with E-state index in [1.54, 1.807) is 0 Å².